The van der Waals surface area contributed by atoms with E-state index in [2.05, 4.69) is 97.1 Å². The van der Waals surface area contributed by atoms with Crippen LogP contribution < -0.4 is 9.64 Å². The lowest BCUT2D eigenvalue weighted by Crippen LogP contribution is -2.21. The zero-order chi connectivity index (χ0) is 26.4. The summed E-state index contributed by atoms with van der Waals surface area (Å²) in [6.07, 6.45) is 6.07. The molecule has 1 aliphatic heterocycles. The van der Waals surface area contributed by atoms with Crippen LogP contribution in [0.25, 0.3) is 27.6 Å². The third kappa shape index (κ3) is 4.22. The van der Waals surface area contributed by atoms with Gasteiger partial charge in [0.2, 0.25) is 0 Å². The molecule has 1 aliphatic rings. The molecule has 0 saturated carbocycles. The maximum absolute atomic E-state index is 9.52. The summed E-state index contributed by atoms with van der Waals surface area (Å²) >= 11 is 0. The lowest BCUT2D eigenvalue weighted by atomic mass is 9.88. The summed E-state index contributed by atoms with van der Waals surface area (Å²) in [5.74, 6) is 2.33. The molecule has 6 nitrogen and oxygen atoms in total. The first kappa shape index (κ1) is 23.6. The van der Waals surface area contributed by atoms with Crippen molar-refractivity contribution in [3.8, 4) is 23.4 Å². The lowest BCUT2D eigenvalue weighted by molar-refractivity contribution is 0.481. The summed E-state index contributed by atoms with van der Waals surface area (Å²) in [5.41, 5.74) is 4.88. The van der Waals surface area contributed by atoms with Gasteiger partial charge < -0.3 is 14.5 Å². The van der Waals surface area contributed by atoms with Gasteiger partial charge in [-0.2, -0.15) is 5.26 Å². The first-order chi connectivity index (χ1) is 18.3. The smallest absolute Gasteiger partial charge is 0.137 e. The van der Waals surface area contributed by atoms with Crippen molar-refractivity contribution in [2.24, 2.45) is 0 Å². The van der Waals surface area contributed by atoms with Crippen molar-refractivity contribution in [3.05, 3.63) is 103 Å². The molecular weight excluding hydrogens is 470 g/mol. The van der Waals surface area contributed by atoms with Crippen molar-refractivity contribution in [1.29, 1.82) is 5.26 Å². The molecule has 5 aromatic rings. The summed E-state index contributed by atoms with van der Waals surface area (Å²) in [7, 11) is 2.05. The van der Waals surface area contributed by atoms with Crippen LogP contribution in [-0.2, 0) is 5.41 Å². The average Bonchev–Trinajstić information content (AvgIpc) is 3.49. The highest BCUT2D eigenvalue weighted by Gasteiger charge is 2.18. The molecule has 188 valence electrons. The number of nitrogens with zero attached hydrogens (tertiary/aromatic N) is 5. The van der Waals surface area contributed by atoms with E-state index >= 15 is 0 Å². The Hall–Kier alpha value is -4.76. The van der Waals surface area contributed by atoms with E-state index in [-0.39, 0.29) is 5.41 Å². The fraction of sp³-hybridized carbons (Fsp3) is 0.188. The maximum atomic E-state index is 9.52. The number of pyridine rings is 1. The van der Waals surface area contributed by atoms with Crippen LogP contribution in [0.15, 0.2) is 91.4 Å². The Morgan fingerprint density at radius 1 is 0.868 bits per heavy atom. The summed E-state index contributed by atoms with van der Waals surface area (Å²) in [4.78, 5) is 9.15. The molecule has 6 rings (SSSR count). The molecule has 0 fully saturated rings. The molecule has 0 N–H and O–H groups in total. The summed E-state index contributed by atoms with van der Waals surface area (Å²) in [5, 5.41) is 11.6. The van der Waals surface area contributed by atoms with Crippen LogP contribution in [0.4, 0.5) is 5.69 Å². The third-order valence-electron chi connectivity index (χ3n) is 6.97. The van der Waals surface area contributed by atoms with Gasteiger partial charge in [0.15, 0.2) is 0 Å². The number of hydrogen-bond acceptors (Lipinski definition) is 5. The molecule has 0 aliphatic carbocycles. The topological polar surface area (TPSA) is 57.3 Å². The Labute approximate surface area is 222 Å². The molecule has 0 spiro atoms. The van der Waals surface area contributed by atoms with E-state index < -0.39 is 0 Å². The standard InChI is InChI=1S/C32H29N5O/c1-32(2,3)23-9-13-31(34-20-23)37-29-12-8-22(19-33)16-28(29)27-11-10-26(18-30(27)37)38-25-7-5-6-24(17-25)36-15-14-35(4)21-36/h5-18,20H,21H2,1-4H3. The lowest BCUT2D eigenvalue weighted by Gasteiger charge is -2.19. The van der Waals surface area contributed by atoms with Crippen molar-refractivity contribution >= 4 is 27.5 Å². The Morgan fingerprint density at radius 2 is 1.71 bits per heavy atom. The second kappa shape index (κ2) is 8.97. The van der Waals surface area contributed by atoms with Gasteiger partial charge in [-0.1, -0.05) is 32.9 Å². The molecule has 3 aromatic carbocycles. The van der Waals surface area contributed by atoms with E-state index in [0.29, 0.717) is 5.56 Å². The van der Waals surface area contributed by atoms with Crippen molar-refractivity contribution in [2.45, 2.75) is 26.2 Å². The average molecular weight is 500 g/mol. The van der Waals surface area contributed by atoms with E-state index in [1.54, 1.807) is 0 Å². The number of fused-ring (bicyclic) bond motifs is 3. The molecule has 0 radical (unpaired) electrons. The van der Waals surface area contributed by atoms with Gasteiger partial charge in [0, 0.05) is 54.2 Å². The summed E-state index contributed by atoms with van der Waals surface area (Å²) in [6.45, 7) is 7.36. The molecule has 3 heterocycles. The largest absolute Gasteiger partial charge is 0.457 e. The molecule has 0 atom stereocenters. The minimum Gasteiger partial charge on any atom is -0.457 e. The second-order valence-corrected chi connectivity index (χ2v) is 10.8. The van der Waals surface area contributed by atoms with Crippen LogP contribution in [0.3, 0.4) is 0 Å². The normalized spacial score (nSPS) is 13.4. The number of nitriles is 1. The van der Waals surface area contributed by atoms with Crippen molar-refractivity contribution in [1.82, 2.24) is 14.5 Å². The van der Waals surface area contributed by atoms with E-state index in [9.17, 15) is 5.26 Å². The minimum atomic E-state index is 0.0177. The number of hydrogen-bond donors (Lipinski definition) is 0. The Balaban J connectivity index is 1.45. The zero-order valence-electron chi connectivity index (χ0n) is 22.0. The molecule has 2 aromatic heterocycles. The van der Waals surface area contributed by atoms with Crippen LogP contribution in [0.5, 0.6) is 11.5 Å². The number of anilines is 1. The fourth-order valence-corrected chi connectivity index (χ4v) is 4.90. The highest BCUT2D eigenvalue weighted by molar-refractivity contribution is 6.09. The maximum Gasteiger partial charge on any atom is 0.137 e. The molecule has 0 bridgehead atoms. The third-order valence-corrected chi connectivity index (χ3v) is 6.97. The molecule has 0 amide bonds. The predicted molar refractivity (Wildman–Crippen MR) is 153 cm³/mol. The van der Waals surface area contributed by atoms with Gasteiger partial charge in [0.25, 0.3) is 0 Å². The highest BCUT2D eigenvalue weighted by atomic mass is 16.5. The molecule has 38 heavy (non-hydrogen) atoms. The van der Waals surface area contributed by atoms with Gasteiger partial charge >= 0.3 is 0 Å². The monoisotopic (exact) mass is 499 g/mol. The number of benzene rings is 3. The predicted octanol–water partition coefficient (Wildman–Crippen LogP) is 7.32. The van der Waals surface area contributed by atoms with Gasteiger partial charge in [-0.3, -0.25) is 4.57 Å². The zero-order valence-corrected chi connectivity index (χ0v) is 22.0. The van der Waals surface area contributed by atoms with E-state index in [1.165, 1.54) is 5.56 Å². The Kier molecular flexibility index (Phi) is 5.57. The number of ether oxygens (including phenoxy) is 1. The van der Waals surface area contributed by atoms with Gasteiger partial charge in [-0.15, -0.1) is 0 Å². The second-order valence-electron chi connectivity index (χ2n) is 10.8. The highest BCUT2D eigenvalue weighted by Crippen LogP contribution is 2.36. The first-order valence-corrected chi connectivity index (χ1v) is 12.7. The quantitative estimate of drug-likeness (QED) is 0.259. The SMILES string of the molecule is CN1C=CN(c2cccc(Oc3ccc4c5cc(C#N)ccc5n(-c5ccc(C(C)(C)C)cn5)c4c3)c2)C1. The van der Waals surface area contributed by atoms with Crippen molar-refractivity contribution in [2.75, 3.05) is 18.6 Å². The van der Waals surface area contributed by atoms with Gasteiger partial charge in [0.05, 0.1) is 29.3 Å². The number of rotatable bonds is 4. The van der Waals surface area contributed by atoms with Crippen molar-refractivity contribution < 1.29 is 4.74 Å². The van der Waals surface area contributed by atoms with Crippen molar-refractivity contribution in [3.63, 3.8) is 0 Å². The Morgan fingerprint density at radius 3 is 2.42 bits per heavy atom. The van der Waals surface area contributed by atoms with E-state index in [0.717, 1.165) is 51.5 Å². The molecule has 0 saturated heterocycles. The summed E-state index contributed by atoms with van der Waals surface area (Å²) in [6, 6.07) is 26.5. The van der Waals surface area contributed by atoms with Crippen LogP contribution >= 0.6 is 0 Å². The molecular formula is C32H29N5O. The van der Waals surface area contributed by atoms with Gasteiger partial charge in [-0.25, -0.2) is 4.98 Å². The van der Waals surface area contributed by atoms with Crippen LogP contribution in [0.2, 0.25) is 0 Å². The van der Waals surface area contributed by atoms with Crippen LogP contribution in [0, 0.1) is 11.3 Å². The summed E-state index contributed by atoms with van der Waals surface area (Å²) < 4.78 is 8.50. The van der Waals surface area contributed by atoms with E-state index in [1.807, 2.05) is 42.6 Å². The molecule has 6 heteroatoms. The van der Waals surface area contributed by atoms with Gasteiger partial charge in [-0.05, 0) is 59.5 Å². The molecule has 0 unspecified atom stereocenters. The van der Waals surface area contributed by atoms with Crippen LogP contribution in [-0.4, -0.2) is 28.2 Å². The first-order valence-electron chi connectivity index (χ1n) is 12.7. The fourth-order valence-electron chi connectivity index (χ4n) is 4.90. The van der Waals surface area contributed by atoms with E-state index in [4.69, 9.17) is 9.72 Å². The Bertz CT molecular complexity index is 1730. The van der Waals surface area contributed by atoms with Gasteiger partial charge in [0.1, 0.15) is 17.3 Å². The minimum absolute atomic E-state index is 0.0177. The van der Waals surface area contributed by atoms with Crippen LogP contribution in [0.1, 0.15) is 31.9 Å². The number of aromatic nitrogens is 2.